The summed E-state index contributed by atoms with van der Waals surface area (Å²) in [5, 5.41) is 0.402. The highest BCUT2D eigenvalue weighted by atomic mass is 35.5. The molecule has 5 heteroatoms. The topological polar surface area (TPSA) is 26.3 Å². The molecule has 2 nitrogen and oxygen atoms in total. The maximum atomic E-state index is 13.1. The van der Waals surface area contributed by atoms with E-state index in [1.54, 1.807) is 12.1 Å². The number of ketones is 1. The molecule has 0 atom stereocenters. The zero-order valence-corrected chi connectivity index (χ0v) is 11.4. The van der Waals surface area contributed by atoms with Gasteiger partial charge in [0.25, 0.3) is 0 Å². The number of hydrogen-bond donors (Lipinski definition) is 0. The molecule has 0 aromatic heterocycles. The van der Waals surface area contributed by atoms with Crippen LogP contribution in [-0.4, -0.2) is 12.9 Å². The number of ether oxygens (including phenoxy) is 1. The standard InChI is InChI=1S/C15H11ClF2O2/c1-20-15-5-3-10(16)8-11(15)14(19)7-9-2-4-12(17)13(18)6-9/h2-6,8H,7H2,1H3. The number of Topliss-reactive ketones (excluding diaryl/α,β-unsaturated/α-hetero) is 1. The maximum Gasteiger partial charge on any atom is 0.171 e. The molecule has 0 aliphatic rings. The van der Waals surface area contributed by atoms with Gasteiger partial charge in [0, 0.05) is 11.4 Å². The van der Waals surface area contributed by atoms with Gasteiger partial charge in [-0.05, 0) is 35.9 Å². The number of carbonyl (C=O) groups is 1. The molecule has 0 aliphatic heterocycles. The number of rotatable bonds is 4. The summed E-state index contributed by atoms with van der Waals surface area (Å²) in [4.78, 5) is 12.2. The fourth-order valence-electron chi connectivity index (χ4n) is 1.83. The molecular formula is C15H11ClF2O2. The predicted molar refractivity (Wildman–Crippen MR) is 72.4 cm³/mol. The van der Waals surface area contributed by atoms with Crippen molar-refractivity contribution in [2.24, 2.45) is 0 Å². The first-order valence-electron chi connectivity index (χ1n) is 5.82. The Balaban J connectivity index is 2.27. The summed E-state index contributed by atoms with van der Waals surface area (Å²) in [7, 11) is 1.44. The molecule has 0 saturated heterocycles. The van der Waals surface area contributed by atoms with Crippen LogP contribution < -0.4 is 4.74 Å². The minimum Gasteiger partial charge on any atom is -0.496 e. The van der Waals surface area contributed by atoms with Gasteiger partial charge in [0.15, 0.2) is 17.4 Å². The van der Waals surface area contributed by atoms with Crippen LogP contribution in [-0.2, 0) is 6.42 Å². The lowest BCUT2D eigenvalue weighted by Crippen LogP contribution is -2.06. The normalized spacial score (nSPS) is 10.4. The first-order valence-corrected chi connectivity index (χ1v) is 6.19. The van der Waals surface area contributed by atoms with E-state index in [1.165, 1.54) is 19.2 Å². The van der Waals surface area contributed by atoms with Crippen LogP contribution in [0.2, 0.25) is 5.02 Å². The van der Waals surface area contributed by atoms with Crippen LogP contribution in [0.1, 0.15) is 15.9 Å². The second kappa shape index (κ2) is 6.01. The second-order valence-electron chi connectivity index (χ2n) is 4.19. The molecule has 2 aromatic rings. The van der Waals surface area contributed by atoms with Gasteiger partial charge in [-0.25, -0.2) is 8.78 Å². The zero-order valence-electron chi connectivity index (χ0n) is 10.6. The van der Waals surface area contributed by atoms with Gasteiger partial charge in [-0.1, -0.05) is 17.7 Å². The van der Waals surface area contributed by atoms with Crippen LogP contribution >= 0.6 is 11.6 Å². The van der Waals surface area contributed by atoms with Gasteiger partial charge in [-0.3, -0.25) is 4.79 Å². The summed E-state index contributed by atoms with van der Waals surface area (Å²) in [6.45, 7) is 0. The molecule has 0 unspecified atom stereocenters. The van der Waals surface area contributed by atoms with Gasteiger partial charge in [0.1, 0.15) is 5.75 Å². The van der Waals surface area contributed by atoms with Crippen LogP contribution in [0.15, 0.2) is 36.4 Å². The molecule has 2 aromatic carbocycles. The Kier molecular flexibility index (Phi) is 4.35. The predicted octanol–water partition coefficient (Wildman–Crippen LogP) is 4.05. The van der Waals surface area contributed by atoms with Gasteiger partial charge >= 0.3 is 0 Å². The Hall–Kier alpha value is -1.94. The highest BCUT2D eigenvalue weighted by Gasteiger charge is 2.14. The Morgan fingerprint density at radius 3 is 2.55 bits per heavy atom. The van der Waals surface area contributed by atoms with Gasteiger partial charge in [-0.2, -0.15) is 0 Å². The van der Waals surface area contributed by atoms with Crippen LogP contribution in [0, 0.1) is 11.6 Å². The van der Waals surface area contributed by atoms with Crippen molar-refractivity contribution < 1.29 is 18.3 Å². The van der Waals surface area contributed by atoms with E-state index < -0.39 is 11.6 Å². The van der Waals surface area contributed by atoms with Crippen molar-refractivity contribution in [3.63, 3.8) is 0 Å². The minimum absolute atomic E-state index is 0.0616. The molecular weight excluding hydrogens is 286 g/mol. The van der Waals surface area contributed by atoms with Crippen molar-refractivity contribution in [3.05, 3.63) is 64.2 Å². The van der Waals surface area contributed by atoms with Crippen molar-refractivity contribution in [1.82, 2.24) is 0 Å². The molecule has 0 spiro atoms. The van der Waals surface area contributed by atoms with Crippen molar-refractivity contribution in [2.45, 2.75) is 6.42 Å². The van der Waals surface area contributed by atoms with Crippen molar-refractivity contribution >= 4 is 17.4 Å². The molecule has 0 fully saturated rings. The first kappa shape index (κ1) is 14.5. The van der Waals surface area contributed by atoms with Gasteiger partial charge in [0.2, 0.25) is 0 Å². The SMILES string of the molecule is COc1ccc(Cl)cc1C(=O)Cc1ccc(F)c(F)c1. The lowest BCUT2D eigenvalue weighted by atomic mass is 10.0. The van der Waals surface area contributed by atoms with E-state index in [-0.39, 0.29) is 12.2 Å². The Labute approximate surface area is 119 Å². The molecule has 20 heavy (non-hydrogen) atoms. The second-order valence-corrected chi connectivity index (χ2v) is 4.63. The van der Waals surface area contributed by atoms with Crippen LogP contribution in [0.3, 0.4) is 0 Å². The minimum atomic E-state index is -0.978. The Bertz CT molecular complexity index is 656. The van der Waals surface area contributed by atoms with Crippen molar-refractivity contribution in [1.29, 1.82) is 0 Å². The smallest absolute Gasteiger partial charge is 0.171 e. The molecule has 0 amide bonds. The van der Waals surface area contributed by atoms with Crippen LogP contribution in [0.5, 0.6) is 5.75 Å². The molecule has 0 N–H and O–H groups in total. The van der Waals surface area contributed by atoms with E-state index >= 15 is 0 Å². The third-order valence-electron chi connectivity index (χ3n) is 2.81. The van der Waals surface area contributed by atoms with E-state index in [0.29, 0.717) is 21.9 Å². The van der Waals surface area contributed by atoms with Crippen molar-refractivity contribution in [2.75, 3.05) is 7.11 Å². The largest absolute Gasteiger partial charge is 0.496 e. The number of benzene rings is 2. The van der Waals surface area contributed by atoms with E-state index in [9.17, 15) is 13.6 Å². The number of hydrogen-bond acceptors (Lipinski definition) is 2. The molecule has 2 rings (SSSR count). The molecule has 104 valence electrons. The average molecular weight is 297 g/mol. The molecule has 0 bridgehead atoms. The first-order chi connectivity index (χ1) is 9.51. The summed E-state index contributed by atoms with van der Waals surface area (Å²) in [6.07, 6.45) is -0.0616. The van der Waals surface area contributed by atoms with E-state index in [0.717, 1.165) is 12.1 Å². The van der Waals surface area contributed by atoms with Gasteiger partial charge in [0.05, 0.1) is 12.7 Å². The monoisotopic (exact) mass is 296 g/mol. The third kappa shape index (κ3) is 3.14. The number of carbonyl (C=O) groups excluding carboxylic acids is 1. The van der Waals surface area contributed by atoms with E-state index in [2.05, 4.69) is 0 Å². The fraction of sp³-hybridized carbons (Fsp3) is 0.133. The lowest BCUT2D eigenvalue weighted by molar-refractivity contribution is 0.0990. The molecule has 0 radical (unpaired) electrons. The van der Waals surface area contributed by atoms with Gasteiger partial charge in [-0.15, -0.1) is 0 Å². The van der Waals surface area contributed by atoms with Crippen LogP contribution in [0.25, 0.3) is 0 Å². The summed E-state index contributed by atoms with van der Waals surface area (Å²) < 4.78 is 31.0. The highest BCUT2D eigenvalue weighted by Crippen LogP contribution is 2.24. The number of halogens is 3. The van der Waals surface area contributed by atoms with E-state index in [4.69, 9.17) is 16.3 Å². The average Bonchev–Trinajstić information content (AvgIpc) is 2.43. The molecule has 0 saturated carbocycles. The van der Waals surface area contributed by atoms with E-state index in [1.807, 2.05) is 0 Å². The summed E-state index contributed by atoms with van der Waals surface area (Å²) in [6, 6.07) is 8.04. The molecule has 0 heterocycles. The van der Waals surface area contributed by atoms with Crippen LogP contribution in [0.4, 0.5) is 8.78 Å². The quantitative estimate of drug-likeness (QED) is 0.796. The summed E-state index contributed by atoms with van der Waals surface area (Å²) >= 11 is 5.85. The van der Waals surface area contributed by atoms with Crippen molar-refractivity contribution in [3.8, 4) is 5.75 Å². The Morgan fingerprint density at radius 2 is 1.90 bits per heavy atom. The lowest BCUT2D eigenvalue weighted by Gasteiger charge is -2.08. The molecule has 0 aliphatic carbocycles. The van der Waals surface area contributed by atoms with Gasteiger partial charge < -0.3 is 4.74 Å². The highest BCUT2D eigenvalue weighted by molar-refractivity contribution is 6.31. The summed E-state index contributed by atoms with van der Waals surface area (Å²) in [5.41, 5.74) is 0.695. The maximum absolute atomic E-state index is 13.1. The zero-order chi connectivity index (χ0) is 14.7. The third-order valence-corrected chi connectivity index (χ3v) is 3.05. The fourth-order valence-corrected chi connectivity index (χ4v) is 2.00. The summed E-state index contributed by atoms with van der Waals surface area (Å²) in [5.74, 6) is -1.81. The number of methoxy groups -OCH3 is 1. The Morgan fingerprint density at radius 1 is 1.15 bits per heavy atom.